The van der Waals surface area contributed by atoms with Crippen molar-refractivity contribution in [1.82, 2.24) is 24.6 Å². The molecule has 1 saturated carbocycles. The van der Waals surface area contributed by atoms with E-state index in [0.717, 1.165) is 25.2 Å². The standard InChI is InChI=1S/C21H22N6O2/c28-19(14-10-24-20-23-8-9-26(20)11-14)22-7-6-16-17-12-27(13-18(16)17)21(29)25-15-4-2-1-3-5-15/h1-5,8-11,16-18H,6-7,12-13H2,(H,22,28)(H,25,29). The van der Waals surface area contributed by atoms with Gasteiger partial charge in [-0.2, -0.15) is 0 Å². The van der Waals surface area contributed by atoms with E-state index in [9.17, 15) is 9.59 Å². The van der Waals surface area contributed by atoms with Crippen LogP contribution in [0.5, 0.6) is 0 Å². The highest BCUT2D eigenvalue weighted by molar-refractivity contribution is 5.93. The second kappa shape index (κ2) is 7.20. The van der Waals surface area contributed by atoms with E-state index in [1.165, 1.54) is 0 Å². The minimum atomic E-state index is -0.122. The van der Waals surface area contributed by atoms with E-state index in [-0.39, 0.29) is 11.9 Å². The number of hydrogen-bond acceptors (Lipinski definition) is 4. The van der Waals surface area contributed by atoms with E-state index in [2.05, 4.69) is 20.6 Å². The number of amides is 3. The number of imidazole rings is 1. The summed E-state index contributed by atoms with van der Waals surface area (Å²) in [7, 11) is 0. The molecule has 3 heterocycles. The number of carbonyl (C=O) groups excluding carboxylic acids is 2. The fourth-order valence-electron chi connectivity index (χ4n) is 4.36. The second-order valence-electron chi connectivity index (χ2n) is 7.71. The average molecular weight is 390 g/mol. The molecule has 3 aromatic rings. The fourth-order valence-corrected chi connectivity index (χ4v) is 4.36. The first-order valence-corrected chi connectivity index (χ1v) is 9.87. The number of fused-ring (bicyclic) bond motifs is 2. The zero-order chi connectivity index (χ0) is 19.8. The topological polar surface area (TPSA) is 91.6 Å². The van der Waals surface area contributed by atoms with Crippen LogP contribution >= 0.6 is 0 Å². The zero-order valence-electron chi connectivity index (χ0n) is 15.9. The number of nitrogens with zero attached hydrogens (tertiary/aromatic N) is 4. The van der Waals surface area contributed by atoms with Crippen molar-refractivity contribution < 1.29 is 9.59 Å². The highest BCUT2D eigenvalue weighted by Gasteiger charge is 2.55. The van der Waals surface area contributed by atoms with Gasteiger partial charge in [0.05, 0.1) is 5.56 Å². The van der Waals surface area contributed by atoms with Gasteiger partial charge in [0.25, 0.3) is 5.91 Å². The van der Waals surface area contributed by atoms with Crippen molar-refractivity contribution in [3.8, 4) is 0 Å². The van der Waals surface area contributed by atoms with Gasteiger partial charge in [-0.25, -0.2) is 14.8 Å². The SMILES string of the molecule is O=C(NCCC1C2CN(C(=O)Nc3ccccc3)CC12)c1cnc2nccn2c1. The van der Waals surface area contributed by atoms with Gasteiger partial charge in [-0.1, -0.05) is 18.2 Å². The van der Waals surface area contributed by atoms with Crippen molar-refractivity contribution in [1.29, 1.82) is 0 Å². The second-order valence-corrected chi connectivity index (χ2v) is 7.71. The van der Waals surface area contributed by atoms with Crippen LogP contribution in [0.2, 0.25) is 0 Å². The number of aromatic nitrogens is 3. The van der Waals surface area contributed by atoms with E-state index < -0.39 is 0 Å². The normalized spacial score (nSPS) is 22.3. The van der Waals surface area contributed by atoms with Crippen LogP contribution in [0.15, 0.2) is 55.1 Å². The largest absolute Gasteiger partial charge is 0.352 e. The van der Waals surface area contributed by atoms with Crippen LogP contribution in [0.25, 0.3) is 5.78 Å². The Hall–Kier alpha value is -3.42. The Morgan fingerprint density at radius 3 is 2.69 bits per heavy atom. The highest BCUT2D eigenvalue weighted by Crippen LogP contribution is 2.53. The predicted octanol–water partition coefficient (Wildman–Crippen LogP) is 2.26. The molecule has 3 amide bonds. The molecule has 2 N–H and O–H groups in total. The lowest BCUT2D eigenvalue weighted by Crippen LogP contribution is -2.35. The third kappa shape index (κ3) is 3.53. The van der Waals surface area contributed by atoms with Crippen molar-refractivity contribution in [2.24, 2.45) is 17.8 Å². The van der Waals surface area contributed by atoms with Crippen LogP contribution in [0, 0.1) is 17.8 Å². The maximum Gasteiger partial charge on any atom is 0.321 e. The van der Waals surface area contributed by atoms with Crippen molar-refractivity contribution in [2.75, 3.05) is 25.0 Å². The number of urea groups is 1. The average Bonchev–Trinajstić information content (AvgIpc) is 3.11. The van der Waals surface area contributed by atoms with Gasteiger partial charge in [0.2, 0.25) is 5.78 Å². The highest BCUT2D eigenvalue weighted by atomic mass is 16.2. The molecule has 1 aromatic carbocycles. The smallest absolute Gasteiger partial charge is 0.321 e. The number of benzene rings is 1. The van der Waals surface area contributed by atoms with Crippen LogP contribution in [-0.4, -0.2) is 50.8 Å². The molecule has 1 aliphatic heterocycles. The Labute approximate surface area is 168 Å². The number of para-hydroxylation sites is 1. The summed E-state index contributed by atoms with van der Waals surface area (Å²) in [5, 5.41) is 5.92. The fraction of sp³-hybridized carbons (Fsp3) is 0.333. The van der Waals surface area contributed by atoms with Gasteiger partial charge >= 0.3 is 6.03 Å². The Kier molecular flexibility index (Phi) is 4.38. The lowest BCUT2D eigenvalue weighted by Gasteiger charge is -2.20. The van der Waals surface area contributed by atoms with E-state index >= 15 is 0 Å². The lowest BCUT2D eigenvalue weighted by molar-refractivity contribution is 0.0951. The van der Waals surface area contributed by atoms with Crippen molar-refractivity contribution >= 4 is 23.4 Å². The minimum Gasteiger partial charge on any atom is -0.352 e. The van der Waals surface area contributed by atoms with Gasteiger partial charge in [-0.05, 0) is 36.3 Å². The van der Waals surface area contributed by atoms with Crippen LogP contribution in [0.3, 0.4) is 0 Å². The molecule has 0 spiro atoms. The molecule has 29 heavy (non-hydrogen) atoms. The van der Waals surface area contributed by atoms with E-state index in [1.807, 2.05) is 35.2 Å². The number of rotatable bonds is 5. The molecule has 0 radical (unpaired) electrons. The molecule has 2 aliphatic rings. The molecule has 8 nitrogen and oxygen atoms in total. The van der Waals surface area contributed by atoms with Gasteiger partial charge in [-0.15, -0.1) is 0 Å². The molecule has 2 atom stereocenters. The molecule has 2 unspecified atom stereocenters. The molecule has 2 aromatic heterocycles. The molecule has 1 saturated heterocycles. The minimum absolute atomic E-state index is 0.0298. The van der Waals surface area contributed by atoms with Crippen LogP contribution in [0.1, 0.15) is 16.8 Å². The van der Waals surface area contributed by atoms with Gasteiger partial charge in [0, 0.05) is 50.1 Å². The first-order valence-electron chi connectivity index (χ1n) is 9.87. The van der Waals surface area contributed by atoms with Gasteiger partial charge in [-0.3, -0.25) is 9.20 Å². The molecule has 1 aliphatic carbocycles. The first-order chi connectivity index (χ1) is 14.2. The maximum absolute atomic E-state index is 12.4. The number of anilines is 1. The van der Waals surface area contributed by atoms with Crippen molar-refractivity contribution in [3.05, 3.63) is 60.7 Å². The van der Waals surface area contributed by atoms with Crippen molar-refractivity contribution in [3.63, 3.8) is 0 Å². The third-order valence-corrected chi connectivity index (χ3v) is 5.95. The number of nitrogens with one attached hydrogen (secondary N) is 2. The lowest BCUT2D eigenvalue weighted by atomic mass is 10.2. The first kappa shape index (κ1) is 17.7. The summed E-state index contributed by atoms with van der Waals surface area (Å²) in [5.74, 6) is 2.15. The number of piperidine rings is 1. The summed E-state index contributed by atoms with van der Waals surface area (Å²) in [6.07, 6.45) is 7.64. The Bertz CT molecular complexity index is 1040. The number of carbonyl (C=O) groups is 2. The van der Waals surface area contributed by atoms with E-state index in [4.69, 9.17) is 0 Å². The summed E-state index contributed by atoms with van der Waals surface area (Å²) in [6.45, 7) is 2.22. The van der Waals surface area contributed by atoms with Gasteiger partial charge < -0.3 is 15.5 Å². The maximum atomic E-state index is 12.4. The van der Waals surface area contributed by atoms with Crippen LogP contribution in [0.4, 0.5) is 10.5 Å². The summed E-state index contributed by atoms with van der Waals surface area (Å²) >= 11 is 0. The molecule has 8 heteroatoms. The summed E-state index contributed by atoms with van der Waals surface area (Å²) < 4.78 is 1.73. The van der Waals surface area contributed by atoms with Gasteiger partial charge in [0.1, 0.15) is 0 Å². The number of likely N-dealkylation sites (tertiary alicyclic amines) is 1. The Morgan fingerprint density at radius 1 is 1.10 bits per heavy atom. The van der Waals surface area contributed by atoms with E-state index in [0.29, 0.717) is 35.6 Å². The predicted molar refractivity (Wildman–Crippen MR) is 107 cm³/mol. The zero-order valence-corrected chi connectivity index (χ0v) is 15.9. The quantitative estimate of drug-likeness (QED) is 0.699. The van der Waals surface area contributed by atoms with E-state index in [1.54, 1.807) is 29.2 Å². The van der Waals surface area contributed by atoms with Crippen LogP contribution in [-0.2, 0) is 0 Å². The monoisotopic (exact) mass is 390 g/mol. The summed E-state index contributed by atoms with van der Waals surface area (Å²) in [5.41, 5.74) is 1.34. The molecule has 148 valence electrons. The van der Waals surface area contributed by atoms with Crippen molar-refractivity contribution in [2.45, 2.75) is 6.42 Å². The van der Waals surface area contributed by atoms with Gasteiger partial charge in [0.15, 0.2) is 0 Å². The summed E-state index contributed by atoms with van der Waals surface area (Å²) in [4.78, 5) is 34.8. The molecular formula is C21H22N6O2. The number of hydrogen-bond donors (Lipinski definition) is 2. The molecular weight excluding hydrogens is 368 g/mol. The Morgan fingerprint density at radius 2 is 1.90 bits per heavy atom. The summed E-state index contributed by atoms with van der Waals surface area (Å²) in [6, 6.07) is 9.49. The molecule has 5 rings (SSSR count). The Balaban J connectivity index is 1.06. The third-order valence-electron chi connectivity index (χ3n) is 5.95. The molecule has 2 fully saturated rings. The molecule has 0 bridgehead atoms. The van der Waals surface area contributed by atoms with Crippen LogP contribution < -0.4 is 10.6 Å².